The maximum Gasteiger partial charge on any atom is 0.224 e. The Balaban J connectivity index is 1.69. The first-order valence-electron chi connectivity index (χ1n) is 7.24. The van der Waals surface area contributed by atoms with Crippen molar-refractivity contribution in [2.75, 3.05) is 6.54 Å². The van der Waals surface area contributed by atoms with Crippen molar-refractivity contribution >= 4 is 5.91 Å². The van der Waals surface area contributed by atoms with Crippen molar-refractivity contribution in [2.24, 2.45) is 0 Å². The van der Waals surface area contributed by atoms with Crippen LogP contribution >= 0.6 is 0 Å². The molecule has 0 aromatic heterocycles. The van der Waals surface area contributed by atoms with Gasteiger partial charge in [-0.15, -0.1) is 0 Å². The monoisotopic (exact) mass is 257 g/mol. The van der Waals surface area contributed by atoms with Gasteiger partial charge in [0.1, 0.15) is 0 Å². The van der Waals surface area contributed by atoms with Crippen molar-refractivity contribution in [3.8, 4) is 0 Å². The summed E-state index contributed by atoms with van der Waals surface area (Å²) < 4.78 is 0. The first-order chi connectivity index (χ1) is 9.24. The molecule has 0 aliphatic heterocycles. The zero-order chi connectivity index (χ0) is 13.5. The standard InChI is InChI=1S/C17H23NO/c1-14-7-9-16(10-8-14)13-17(19)18-12-11-15-5-3-2-4-6-15/h5,7-10H,2-4,6,11-13H2,1H3,(H,18,19). The van der Waals surface area contributed by atoms with Crippen molar-refractivity contribution in [1.29, 1.82) is 0 Å². The fraction of sp³-hybridized carbons (Fsp3) is 0.471. The average molecular weight is 257 g/mol. The Labute approximate surface area is 115 Å². The van der Waals surface area contributed by atoms with Gasteiger partial charge in [-0.25, -0.2) is 0 Å². The largest absolute Gasteiger partial charge is 0.355 e. The summed E-state index contributed by atoms with van der Waals surface area (Å²) in [7, 11) is 0. The van der Waals surface area contributed by atoms with Gasteiger partial charge >= 0.3 is 0 Å². The average Bonchev–Trinajstić information content (AvgIpc) is 2.43. The summed E-state index contributed by atoms with van der Waals surface area (Å²) in [5.74, 6) is 0.125. The lowest BCUT2D eigenvalue weighted by atomic mass is 9.97. The lowest BCUT2D eigenvalue weighted by Gasteiger charge is -2.13. The van der Waals surface area contributed by atoms with E-state index in [4.69, 9.17) is 0 Å². The van der Waals surface area contributed by atoms with Gasteiger partial charge in [0.25, 0.3) is 0 Å². The highest BCUT2D eigenvalue weighted by Crippen LogP contribution is 2.19. The Kier molecular flexibility index (Phi) is 5.20. The summed E-state index contributed by atoms with van der Waals surface area (Å²) >= 11 is 0. The topological polar surface area (TPSA) is 29.1 Å². The number of carbonyl (C=O) groups is 1. The third kappa shape index (κ3) is 4.90. The number of nitrogens with one attached hydrogen (secondary N) is 1. The zero-order valence-electron chi connectivity index (χ0n) is 11.7. The molecular formula is C17H23NO. The molecule has 1 amide bonds. The van der Waals surface area contributed by atoms with E-state index >= 15 is 0 Å². The molecule has 1 aliphatic rings. The fourth-order valence-electron chi connectivity index (χ4n) is 2.45. The van der Waals surface area contributed by atoms with E-state index in [-0.39, 0.29) is 5.91 Å². The first kappa shape index (κ1) is 13.9. The second kappa shape index (κ2) is 7.13. The summed E-state index contributed by atoms with van der Waals surface area (Å²) in [4.78, 5) is 11.8. The summed E-state index contributed by atoms with van der Waals surface area (Å²) in [6.07, 6.45) is 8.90. The van der Waals surface area contributed by atoms with Crippen LogP contribution in [0.5, 0.6) is 0 Å². The Morgan fingerprint density at radius 2 is 2.00 bits per heavy atom. The Bertz CT molecular complexity index is 445. The van der Waals surface area contributed by atoms with Crippen LogP contribution in [-0.4, -0.2) is 12.5 Å². The van der Waals surface area contributed by atoms with Crippen LogP contribution in [0.15, 0.2) is 35.9 Å². The van der Waals surface area contributed by atoms with Gasteiger partial charge < -0.3 is 5.32 Å². The maximum absolute atomic E-state index is 11.8. The Hall–Kier alpha value is -1.57. The van der Waals surface area contributed by atoms with E-state index in [1.807, 2.05) is 12.1 Å². The minimum atomic E-state index is 0.125. The van der Waals surface area contributed by atoms with E-state index in [9.17, 15) is 4.79 Å². The van der Waals surface area contributed by atoms with Gasteiger partial charge in [-0.2, -0.15) is 0 Å². The normalized spacial score (nSPS) is 14.9. The molecule has 0 unspecified atom stereocenters. The molecule has 1 aromatic carbocycles. The van der Waals surface area contributed by atoms with Crippen molar-refractivity contribution in [2.45, 2.75) is 45.4 Å². The number of amides is 1. The minimum Gasteiger partial charge on any atom is -0.355 e. The van der Waals surface area contributed by atoms with Crippen molar-refractivity contribution in [1.82, 2.24) is 5.32 Å². The molecule has 2 nitrogen and oxygen atoms in total. The molecule has 102 valence electrons. The van der Waals surface area contributed by atoms with E-state index in [1.165, 1.54) is 36.8 Å². The van der Waals surface area contributed by atoms with Gasteiger partial charge in [0, 0.05) is 6.54 Å². The summed E-state index contributed by atoms with van der Waals surface area (Å²) in [5, 5.41) is 3.01. The molecule has 0 saturated carbocycles. The number of carbonyl (C=O) groups excluding carboxylic acids is 1. The van der Waals surface area contributed by atoms with Gasteiger partial charge in [-0.3, -0.25) is 4.79 Å². The second-order valence-corrected chi connectivity index (χ2v) is 5.37. The minimum absolute atomic E-state index is 0.125. The molecule has 2 heteroatoms. The van der Waals surface area contributed by atoms with Crippen LogP contribution in [0.3, 0.4) is 0 Å². The van der Waals surface area contributed by atoms with Crippen molar-refractivity contribution in [3.63, 3.8) is 0 Å². The number of hydrogen-bond donors (Lipinski definition) is 1. The number of hydrogen-bond acceptors (Lipinski definition) is 1. The van der Waals surface area contributed by atoms with Gasteiger partial charge in [0.2, 0.25) is 5.91 Å². The van der Waals surface area contributed by atoms with Crippen LogP contribution in [0, 0.1) is 6.92 Å². The van der Waals surface area contributed by atoms with Gasteiger partial charge in [-0.1, -0.05) is 41.5 Å². The molecule has 19 heavy (non-hydrogen) atoms. The number of rotatable bonds is 5. The molecule has 0 radical (unpaired) electrons. The Morgan fingerprint density at radius 3 is 2.68 bits per heavy atom. The molecular weight excluding hydrogens is 234 g/mol. The molecule has 2 rings (SSSR count). The molecule has 0 fully saturated rings. The maximum atomic E-state index is 11.8. The molecule has 0 heterocycles. The summed E-state index contributed by atoms with van der Waals surface area (Å²) in [6, 6.07) is 8.15. The lowest BCUT2D eigenvalue weighted by molar-refractivity contribution is -0.120. The zero-order valence-corrected chi connectivity index (χ0v) is 11.7. The summed E-state index contributed by atoms with van der Waals surface area (Å²) in [6.45, 7) is 2.83. The van der Waals surface area contributed by atoms with Crippen LogP contribution in [0.25, 0.3) is 0 Å². The van der Waals surface area contributed by atoms with Gasteiger partial charge in [-0.05, 0) is 44.6 Å². The number of allylic oxidation sites excluding steroid dienone is 1. The highest BCUT2D eigenvalue weighted by Gasteiger charge is 2.05. The third-order valence-electron chi connectivity index (χ3n) is 3.64. The van der Waals surface area contributed by atoms with Crippen LogP contribution < -0.4 is 5.32 Å². The lowest BCUT2D eigenvalue weighted by Crippen LogP contribution is -2.26. The molecule has 0 bridgehead atoms. The van der Waals surface area contributed by atoms with E-state index < -0.39 is 0 Å². The SMILES string of the molecule is Cc1ccc(CC(=O)NCCC2=CCCCC2)cc1. The number of aryl methyl sites for hydroxylation is 1. The van der Waals surface area contributed by atoms with E-state index in [0.717, 1.165) is 18.5 Å². The molecule has 0 saturated heterocycles. The predicted molar refractivity (Wildman–Crippen MR) is 79.1 cm³/mol. The summed E-state index contributed by atoms with van der Waals surface area (Å²) in [5.41, 5.74) is 3.83. The number of benzene rings is 1. The Morgan fingerprint density at radius 1 is 1.21 bits per heavy atom. The molecule has 1 N–H and O–H groups in total. The third-order valence-corrected chi connectivity index (χ3v) is 3.64. The molecule has 0 spiro atoms. The van der Waals surface area contributed by atoms with Gasteiger partial charge in [0.05, 0.1) is 6.42 Å². The van der Waals surface area contributed by atoms with Crippen molar-refractivity contribution < 1.29 is 4.79 Å². The van der Waals surface area contributed by atoms with Crippen LogP contribution in [0.1, 0.15) is 43.2 Å². The first-order valence-corrected chi connectivity index (χ1v) is 7.24. The molecule has 1 aliphatic carbocycles. The van der Waals surface area contributed by atoms with E-state index in [1.54, 1.807) is 0 Å². The highest BCUT2D eigenvalue weighted by atomic mass is 16.1. The van der Waals surface area contributed by atoms with Gasteiger partial charge in [0.15, 0.2) is 0 Å². The highest BCUT2D eigenvalue weighted by molar-refractivity contribution is 5.78. The van der Waals surface area contributed by atoms with Crippen molar-refractivity contribution in [3.05, 3.63) is 47.0 Å². The quantitative estimate of drug-likeness (QED) is 0.803. The smallest absolute Gasteiger partial charge is 0.224 e. The molecule has 1 aromatic rings. The van der Waals surface area contributed by atoms with E-state index in [0.29, 0.717) is 6.42 Å². The van der Waals surface area contributed by atoms with Crippen LogP contribution in [-0.2, 0) is 11.2 Å². The fourth-order valence-corrected chi connectivity index (χ4v) is 2.45. The predicted octanol–water partition coefficient (Wildman–Crippen LogP) is 3.54. The van der Waals surface area contributed by atoms with E-state index in [2.05, 4.69) is 30.4 Å². The van der Waals surface area contributed by atoms with Crippen LogP contribution in [0.4, 0.5) is 0 Å². The molecule has 0 atom stereocenters. The van der Waals surface area contributed by atoms with Crippen LogP contribution in [0.2, 0.25) is 0 Å². The second-order valence-electron chi connectivity index (χ2n) is 5.37.